The van der Waals surface area contributed by atoms with E-state index >= 15 is 4.39 Å². The van der Waals surface area contributed by atoms with Gasteiger partial charge in [0.2, 0.25) is 0 Å². The zero-order valence-corrected chi connectivity index (χ0v) is 19.9. The van der Waals surface area contributed by atoms with Gasteiger partial charge in [0.15, 0.2) is 10.9 Å². The van der Waals surface area contributed by atoms with Crippen molar-refractivity contribution in [2.24, 2.45) is 0 Å². The average molecular weight is 521 g/mol. The number of nitrogens with two attached hydrogens (primary N) is 2. The Morgan fingerprint density at radius 1 is 1.20 bits per heavy atom. The molecule has 2 atom stereocenters. The number of rotatable bonds is 4. The van der Waals surface area contributed by atoms with Crippen LogP contribution in [0.2, 0.25) is 5.02 Å². The molecule has 2 aromatic carbocycles. The first-order valence-corrected chi connectivity index (χ1v) is 12.3. The molecular formula is C23H20ClF3N6OS. The quantitative estimate of drug-likeness (QED) is 0.392. The Labute approximate surface area is 206 Å². The van der Waals surface area contributed by atoms with E-state index in [4.69, 9.17) is 27.8 Å². The number of hydrogen-bond acceptors (Lipinski definition) is 8. The summed E-state index contributed by atoms with van der Waals surface area (Å²) in [7, 11) is 0. The molecule has 7 nitrogen and oxygen atoms in total. The van der Waals surface area contributed by atoms with Crippen LogP contribution in [-0.2, 0) is 0 Å². The third kappa shape index (κ3) is 3.56. The molecule has 0 aliphatic carbocycles. The highest BCUT2D eigenvalue weighted by Crippen LogP contribution is 2.43. The smallest absolute Gasteiger partial charge is 0.319 e. The Morgan fingerprint density at radius 3 is 2.86 bits per heavy atom. The van der Waals surface area contributed by atoms with E-state index in [1.54, 1.807) is 0 Å². The van der Waals surface area contributed by atoms with Gasteiger partial charge in [-0.05, 0) is 37.6 Å². The van der Waals surface area contributed by atoms with Crippen LogP contribution in [0, 0.1) is 11.6 Å². The number of thiazole rings is 1. The number of fused-ring (bicyclic) bond motifs is 3. The number of hydrogen-bond donors (Lipinski definition) is 2. The second-order valence-electron chi connectivity index (χ2n) is 9.02. The molecule has 4 heterocycles. The van der Waals surface area contributed by atoms with Crippen molar-refractivity contribution in [1.82, 2.24) is 19.9 Å². The van der Waals surface area contributed by atoms with E-state index < -0.39 is 23.3 Å². The molecule has 2 saturated heterocycles. The minimum absolute atomic E-state index is 0.00450. The van der Waals surface area contributed by atoms with Crippen molar-refractivity contribution in [1.29, 1.82) is 0 Å². The molecule has 35 heavy (non-hydrogen) atoms. The Morgan fingerprint density at radius 2 is 2.03 bits per heavy atom. The Balaban J connectivity index is 1.43. The number of alkyl halides is 1. The van der Waals surface area contributed by atoms with E-state index in [-0.39, 0.29) is 60.8 Å². The van der Waals surface area contributed by atoms with E-state index in [0.29, 0.717) is 13.0 Å². The third-order valence-electron chi connectivity index (χ3n) is 6.90. The Kier molecular flexibility index (Phi) is 5.20. The molecule has 2 aliphatic heterocycles. The van der Waals surface area contributed by atoms with E-state index in [2.05, 4.69) is 19.9 Å². The highest BCUT2D eigenvalue weighted by Gasteiger charge is 2.49. The summed E-state index contributed by atoms with van der Waals surface area (Å²) in [6.07, 6.45) is 1.24. The number of halogens is 4. The van der Waals surface area contributed by atoms with Gasteiger partial charge in [-0.25, -0.2) is 18.2 Å². The highest BCUT2D eigenvalue weighted by atomic mass is 35.5. The molecule has 0 bridgehead atoms. The molecule has 0 radical (unpaired) electrons. The molecule has 2 aromatic heterocycles. The zero-order valence-electron chi connectivity index (χ0n) is 18.3. The van der Waals surface area contributed by atoms with Crippen LogP contribution >= 0.6 is 22.9 Å². The molecular weight excluding hydrogens is 501 g/mol. The number of benzene rings is 2. The summed E-state index contributed by atoms with van der Waals surface area (Å²) in [6.45, 7) is 1.37. The van der Waals surface area contributed by atoms with Gasteiger partial charge in [0.1, 0.15) is 29.9 Å². The van der Waals surface area contributed by atoms with Gasteiger partial charge in [-0.3, -0.25) is 4.90 Å². The molecule has 0 unspecified atom stereocenters. The SMILES string of the molecule is Nc1nc2c(-c3c(Cl)cc4c(N)nc(OC[C@@]56CCCN5C[C@H](F)C6)nc4c3F)ccc(F)c2s1. The number of anilines is 2. The molecule has 182 valence electrons. The van der Waals surface area contributed by atoms with Crippen LogP contribution in [-0.4, -0.2) is 51.3 Å². The van der Waals surface area contributed by atoms with Gasteiger partial charge >= 0.3 is 6.01 Å². The summed E-state index contributed by atoms with van der Waals surface area (Å²) in [6, 6.07) is 3.97. The van der Waals surface area contributed by atoms with Crippen LogP contribution < -0.4 is 16.2 Å². The maximum atomic E-state index is 15.9. The van der Waals surface area contributed by atoms with Gasteiger partial charge in [-0.2, -0.15) is 9.97 Å². The molecule has 2 aliphatic rings. The second-order valence-corrected chi connectivity index (χ2v) is 10.5. The largest absolute Gasteiger partial charge is 0.461 e. The molecule has 4 aromatic rings. The van der Waals surface area contributed by atoms with Crippen LogP contribution in [0.3, 0.4) is 0 Å². The molecule has 4 N–H and O–H groups in total. The maximum absolute atomic E-state index is 15.9. The van der Waals surface area contributed by atoms with Crippen molar-refractivity contribution >= 4 is 55.0 Å². The fourth-order valence-corrected chi connectivity index (χ4v) is 6.41. The number of nitrogen functional groups attached to an aromatic ring is 2. The lowest BCUT2D eigenvalue weighted by Gasteiger charge is -2.30. The predicted octanol–water partition coefficient (Wildman–Crippen LogP) is 4.96. The molecule has 6 rings (SSSR count). The minimum Gasteiger partial charge on any atom is -0.461 e. The monoisotopic (exact) mass is 520 g/mol. The lowest BCUT2D eigenvalue weighted by atomic mass is 9.95. The van der Waals surface area contributed by atoms with Crippen molar-refractivity contribution < 1.29 is 17.9 Å². The second kappa shape index (κ2) is 8.07. The fraction of sp³-hybridized carbons (Fsp3) is 0.348. The number of ether oxygens (including phenoxy) is 1. The Bertz CT molecular complexity index is 1500. The van der Waals surface area contributed by atoms with Gasteiger partial charge in [0.25, 0.3) is 0 Å². The van der Waals surface area contributed by atoms with Crippen LogP contribution in [0.1, 0.15) is 19.3 Å². The highest BCUT2D eigenvalue weighted by molar-refractivity contribution is 7.22. The summed E-state index contributed by atoms with van der Waals surface area (Å²) < 4.78 is 50.4. The molecule has 2 fully saturated rings. The topological polar surface area (TPSA) is 103 Å². The van der Waals surface area contributed by atoms with E-state index in [1.165, 1.54) is 18.2 Å². The van der Waals surface area contributed by atoms with Crippen LogP contribution in [0.5, 0.6) is 6.01 Å². The van der Waals surface area contributed by atoms with Crippen LogP contribution in [0.4, 0.5) is 24.1 Å². The van der Waals surface area contributed by atoms with E-state index in [1.807, 2.05) is 0 Å². The lowest BCUT2D eigenvalue weighted by molar-refractivity contribution is 0.107. The molecule has 0 saturated carbocycles. The molecule has 0 amide bonds. The normalized spacial score (nSPS) is 22.3. The summed E-state index contributed by atoms with van der Waals surface area (Å²) in [5, 5.41) is 0.401. The van der Waals surface area contributed by atoms with Gasteiger partial charge in [0, 0.05) is 29.5 Å². The summed E-state index contributed by atoms with van der Waals surface area (Å²) in [4.78, 5) is 14.7. The van der Waals surface area contributed by atoms with E-state index in [0.717, 1.165) is 30.7 Å². The zero-order chi connectivity index (χ0) is 24.5. The van der Waals surface area contributed by atoms with Gasteiger partial charge < -0.3 is 16.2 Å². The number of nitrogens with zero attached hydrogens (tertiary/aromatic N) is 4. The Hall–Kier alpha value is -2.89. The minimum atomic E-state index is -0.907. The standard InChI is InChI=1S/C23H20ClF3N6OS/c24-13-6-12-17(16(27)15(13)11-2-3-14(26)19-18(11)30-21(29)35-19)31-22(32-20(12)28)34-9-23-4-1-5-33(23)8-10(25)7-23/h2-3,6,10H,1,4-5,7-9H2,(H2,29,30)(H2,28,31,32)/t10-,23+/m1/s1. The molecule has 0 spiro atoms. The fourth-order valence-electron chi connectivity index (χ4n) is 5.35. The van der Waals surface area contributed by atoms with Crippen molar-refractivity contribution in [3.05, 3.63) is 34.9 Å². The van der Waals surface area contributed by atoms with Gasteiger partial charge in [-0.15, -0.1) is 0 Å². The first-order valence-electron chi connectivity index (χ1n) is 11.1. The summed E-state index contributed by atoms with van der Waals surface area (Å²) in [5.74, 6) is -1.29. The van der Waals surface area contributed by atoms with Crippen molar-refractivity contribution in [3.63, 3.8) is 0 Å². The van der Waals surface area contributed by atoms with Gasteiger partial charge in [0.05, 0.1) is 20.8 Å². The number of aromatic nitrogens is 3. The summed E-state index contributed by atoms with van der Waals surface area (Å²) >= 11 is 7.41. The third-order valence-corrected chi connectivity index (χ3v) is 8.10. The predicted molar refractivity (Wildman–Crippen MR) is 130 cm³/mol. The summed E-state index contributed by atoms with van der Waals surface area (Å²) in [5.41, 5.74) is 11.8. The van der Waals surface area contributed by atoms with Crippen LogP contribution in [0.25, 0.3) is 32.2 Å². The maximum Gasteiger partial charge on any atom is 0.319 e. The van der Waals surface area contributed by atoms with Crippen molar-refractivity contribution in [3.8, 4) is 17.1 Å². The lowest BCUT2D eigenvalue weighted by Crippen LogP contribution is -2.43. The first kappa shape index (κ1) is 22.6. The van der Waals surface area contributed by atoms with Crippen LogP contribution in [0.15, 0.2) is 18.2 Å². The average Bonchev–Trinajstić information content (AvgIpc) is 3.46. The van der Waals surface area contributed by atoms with Crippen molar-refractivity contribution in [2.75, 3.05) is 31.2 Å². The van der Waals surface area contributed by atoms with Crippen molar-refractivity contribution in [2.45, 2.75) is 31.0 Å². The van der Waals surface area contributed by atoms with Gasteiger partial charge in [-0.1, -0.05) is 22.9 Å². The molecule has 12 heteroatoms. The first-order chi connectivity index (χ1) is 16.8. The van der Waals surface area contributed by atoms with E-state index in [9.17, 15) is 8.78 Å².